The first-order valence-electron chi connectivity index (χ1n) is 13.2. The molecule has 1 aromatic heterocycles. The van der Waals surface area contributed by atoms with Gasteiger partial charge in [-0.2, -0.15) is 10.2 Å². The number of halogens is 2. The highest BCUT2D eigenvalue weighted by Gasteiger charge is 2.55. The van der Waals surface area contributed by atoms with Crippen molar-refractivity contribution in [2.24, 2.45) is 23.2 Å². The Morgan fingerprint density at radius 3 is 2.47 bits per heavy atom. The Kier molecular flexibility index (Phi) is 6.88. The van der Waals surface area contributed by atoms with Gasteiger partial charge in [0.15, 0.2) is 0 Å². The molecule has 4 bridgehead atoms. The van der Waals surface area contributed by atoms with Gasteiger partial charge in [0.2, 0.25) is 5.95 Å². The molecule has 8 nitrogen and oxygen atoms in total. The van der Waals surface area contributed by atoms with Gasteiger partial charge in [0, 0.05) is 24.7 Å². The number of rotatable bonds is 7. The molecule has 4 aliphatic rings. The van der Waals surface area contributed by atoms with Crippen molar-refractivity contribution < 1.29 is 18.3 Å². The molecule has 202 valence electrons. The van der Waals surface area contributed by atoms with E-state index in [2.05, 4.69) is 32.0 Å². The highest BCUT2D eigenvalue weighted by atomic mass is 19.1. The van der Waals surface area contributed by atoms with Crippen molar-refractivity contribution in [3.05, 3.63) is 47.2 Å². The number of hydrogen-bond acceptors (Lipinski definition) is 7. The van der Waals surface area contributed by atoms with E-state index in [4.69, 9.17) is 4.74 Å². The number of ether oxygens (including phenoxy) is 1. The summed E-state index contributed by atoms with van der Waals surface area (Å²) in [5, 5.41) is 19.0. The molecule has 10 heteroatoms. The Morgan fingerprint density at radius 1 is 1.16 bits per heavy atom. The van der Waals surface area contributed by atoms with Gasteiger partial charge in [0.25, 0.3) is 0 Å². The predicted octanol–water partition coefficient (Wildman–Crippen LogP) is 5.37. The monoisotopic (exact) mass is 524 g/mol. The molecule has 0 spiro atoms. The van der Waals surface area contributed by atoms with Gasteiger partial charge >= 0.3 is 6.09 Å². The van der Waals surface area contributed by atoms with Crippen LogP contribution in [0.2, 0.25) is 0 Å². The second kappa shape index (κ2) is 10.0. The largest absolute Gasteiger partial charge is 0.444 e. The van der Waals surface area contributed by atoms with E-state index in [9.17, 15) is 18.8 Å². The fraction of sp³-hybridized carbons (Fsp3) is 0.571. The molecule has 1 aromatic carbocycles. The Balaban J connectivity index is 1.25. The SMILES string of the molecule is CC(C)(C)OC(=O)N[C@@H]1[C@@H]2CC3C[C@H]1C[C@@](CNc1nc(NCc4c(F)cccc4F)ncc1C#N)(C3)C2. The third-order valence-electron chi connectivity index (χ3n) is 8.11. The third kappa shape index (κ3) is 5.52. The third-order valence-corrected chi connectivity index (χ3v) is 8.11. The summed E-state index contributed by atoms with van der Waals surface area (Å²) >= 11 is 0. The zero-order chi connectivity index (χ0) is 27.1. The lowest BCUT2D eigenvalue weighted by molar-refractivity contribution is -0.0703. The summed E-state index contributed by atoms with van der Waals surface area (Å²) in [7, 11) is 0. The summed E-state index contributed by atoms with van der Waals surface area (Å²) in [6.45, 7) is 6.14. The minimum absolute atomic E-state index is 0.0597. The second-order valence-electron chi connectivity index (χ2n) is 12.1. The molecule has 0 saturated heterocycles. The normalized spacial score (nSPS) is 27.5. The van der Waals surface area contributed by atoms with E-state index in [0.717, 1.165) is 32.1 Å². The Hall–Kier alpha value is -3.48. The minimum atomic E-state index is -0.647. The van der Waals surface area contributed by atoms with Crippen molar-refractivity contribution in [1.82, 2.24) is 15.3 Å². The van der Waals surface area contributed by atoms with Crippen LogP contribution in [-0.4, -0.2) is 34.2 Å². The van der Waals surface area contributed by atoms with Gasteiger partial charge in [0.05, 0.1) is 6.20 Å². The van der Waals surface area contributed by atoms with Crippen LogP contribution in [-0.2, 0) is 11.3 Å². The van der Waals surface area contributed by atoms with Gasteiger partial charge in [-0.15, -0.1) is 0 Å². The molecule has 4 saturated carbocycles. The molecule has 0 radical (unpaired) electrons. The summed E-state index contributed by atoms with van der Waals surface area (Å²) in [5.41, 5.74) is -0.266. The average molecular weight is 525 g/mol. The van der Waals surface area contributed by atoms with Gasteiger partial charge < -0.3 is 20.7 Å². The predicted molar refractivity (Wildman–Crippen MR) is 138 cm³/mol. The second-order valence-corrected chi connectivity index (χ2v) is 12.1. The van der Waals surface area contributed by atoms with Gasteiger partial charge in [-0.1, -0.05) is 6.07 Å². The standard InChI is InChI=1S/C28H34F2N6O2/c1-27(2,3)38-26(37)35-23-17-7-16-8-18(23)11-28(9-16,10-17)15-34-24-19(12-31)13-32-25(36-24)33-14-20-21(29)5-4-6-22(20)30/h4-6,13,16-18,23H,7-11,14-15H2,1-3H3,(H,35,37)(H2,32,33,34,36)/t16?,17-,18+,23-,28-. The molecule has 6 rings (SSSR count). The van der Waals surface area contributed by atoms with E-state index >= 15 is 0 Å². The van der Waals surface area contributed by atoms with Crippen molar-refractivity contribution in [3.8, 4) is 6.07 Å². The number of anilines is 2. The van der Waals surface area contributed by atoms with Crippen molar-refractivity contribution in [2.45, 2.75) is 71.1 Å². The summed E-state index contributed by atoms with van der Waals surface area (Å²) < 4.78 is 33.5. The van der Waals surface area contributed by atoms with Crippen molar-refractivity contribution in [2.75, 3.05) is 17.2 Å². The van der Waals surface area contributed by atoms with Gasteiger partial charge in [-0.3, -0.25) is 0 Å². The zero-order valence-corrected chi connectivity index (χ0v) is 22.0. The van der Waals surface area contributed by atoms with Gasteiger partial charge in [-0.05, 0) is 88.2 Å². The molecular formula is C28H34F2N6O2. The topological polar surface area (TPSA) is 112 Å². The number of amides is 1. The summed E-state index contributed by atoms with van der Waals surface area (Å²) in [5.74, 6) is 0.698. The van der Waals surface area contributed by atoms with Crippen LogP contribution < -0.4 is 16.0 Å². The quantitative estimate of drug-likeness (QED) is 0.446. The van der Waals surface area contributed by atoms with E-state index in [-0.39, 0.29) is 35.6 Å². The molecule has 3 N–H and O–H groups in total. The van der Waals surface area contributed by atoms with Crippen LogP contribution in [0.5, 0.6) is 0 Å². The van der Waals surface area contributed by atoms with Crippen LogP contribution in [0.25, 0.3) is 0 Å². The number of carbonyl (C=O) groups is 1. The molecule has 38 heavy (non-hydrogen) atoms. The first-order chi connectivity index (χ1) is 18.0. The van der Waals surface area contributed by atoms with Crippen LogP contribution in [0.1, 0.15) is 64.0 Å². The lowest BCUT2D eigenvalue weighted by atomic mass is 9.48. The van der Waals surface area contributed by atoms with E-state index in [0.29, 0.717) is 35.7 Å². The number of benzene rings is 1. The highest BCUT2D eigenvalue weighted by Crippen LogP contribution is 2.60. The van der Waals surface area contributed by atoms with E-state index in [1.165, 1.54) is 24.4 Å². The lowest BCUT2D eigenvalue weighted by Crippen LogP contribution is -2.60. The van der Waals surface area contributed by atoms with Crippen molar-refractivity contribution in [1.29, 1.82) is 5.26 Å². The number of nitriles is 1. The fourth-order valence-corrected chi connectivity index (χ4v) is 6.91. The number of nitrogens with zero attached hydrogens (tertiary/aromatic N) is 3. The van der Waals surface area contributed by atoms with Gasteiger partial charge in [0.1, 0.15) is 34.7 Å². The molecule has 5 atom stereocenters. The number of aromatic nitrogens is 2. The molecule has 0 aliphatic heterocycles. The molecule has 1 heterocycles. The summed E-state index contributed by atoms with van der Waals surface area (Å²) in [4.78, 5) is 21.1. The van der Waals surface area contributed by atoms with Crippen molar-refractivity contribution in [3.63, 3.8) is 0 Å². The van der Waals surface area contributed by atoms with Crippen LogP contribution in [0.15, 0.2) is 24.4 Å². The molecule has 4 fully saturated rings. The van der Waals surface area contributed by atoms with Crippen LogP contribution >= 0.6 is 0 Å². The van der Waals surface area contributed by atoms with Gasteiger partial charge in [-0.25, -0.2) is 18.6 Å². The van der Waals surface area contributed by atoms with E-state index in [1.54, 1.807) is 0 Å². The molecule has 2 aromatic rings. The number of alkyl carbamates (subject to hydrolysis) is 1. The lowest BCUT2D eigenvalue weighted by Gasteiger charge is -2.60. The molecule has 1 unspecified atom stereocenters. The van der Waals surface area contributed by atoms with Crippen LogP contribution in [0, 0.1) is 46.1 Å². The first-order valence-corrected chi connectivity index (χ1v) is 13.2. The minimum Gasteiger partial charge on any atom is -0.444 e. The average Bonchev–Trinajstić information content (AvgIpc) is 2.83. The van der Waals surface area contributed by atoms with Crippen LogP contribution in [0.4, 0.5) is 25.3 Å². The van der Waals surface area contributed by atoms with Crippen LogP contribution in [0.3, 0.4) is 0 Å². The number of hydrogen-bond donors (Lipinski definition) is 3. The zero-order valence-electron chi connectivity index (χ0n) is 22.0. The highest BCUT2D eigenvalue weighted by molar-refractivity contribution is 5.68. The molecule has 4 aliphatic carbocycles. The summed E-state index contributed by atoms with van der Waals surface area (Å²) in [6.07, 6.45) is 6.35. The Morgan fingerprint density at radius 2 is 1.84 bits per heavy atom. The number of carbonyl (C=O) groups excluding carboxylic acids is 1. The maximum atomic E-state index is 14.0. The summed E-state index contributed by atoms with van der Waals surface area (Å²) in [6, 6.07) is 5.96. The molecular weight excluding hydrogens is 490 g/mol. The van der Waals surface area contributed by atoms with E-state index < -0.39 is 17.2 Å². The fourth-order valence-electron chi connectivity index (χ4n) is 6.91. The molecule has 1 amide bonds. The maximum absolute atomic E-state index is 14.0. The van der Waals surface area contributed by atoms with Crippen molar-refractivity contribution >= 4 is 17.9 Å². The Labute approximate surface area is 221 Å². The van der Waals surface area contributed by atoms with E-state index in [1.807, 2.05) is 20.8 Å². The Bertz CT molecular complexity index is 1220. The number of nitrogens with one attached hydrogen (secondary N) is 3. The smallest absolute Gasteiger partial charge is 0.407 e. The maximum Gasteiger partial charge on any atom is 0.407 e. The first kappa shape index (κ1) is 26.1.